The Morgan fingerprint density at radius 3 is 2.53 bits per heavy atom. The molecule has 4 heterocycles. The molecule has 3 aromatic rings. The fourth-order valence-corrected chi connectivity index (χ4v) is 5.73. The van der Waals surface area contributed by atoms with Crippen molar-refractivity contribution in [2.75, 3.05) is 62.7 Å². The van der Waals surface area contributed by atoms with Gasteiger partial charge in [-0.25, -0.2) is 14.4 Å². The molecular formula is C32H34FN9O3. The number of ether oxygens (including phenoxy) is 2. The van der Waals surface area contributed by atoms with Crippen LogP contribution in [0.3, 0.4) is 0 Å². The number of nitrogens with zero attached hydrogens (tertiary/aromatic N) is 8. The van der Waals surface area contributed by atoms with E-state index in [1.165, 1.54) is 23.8 Å². The van der Waals surface area contributed by atoms with E-state index in [0.29, 0.717) is 23.4 Å². The molecule has 0 spiro atoms. The summed E-state index contributed by atoms with van der Waals surface area (Å²) in [6.07, 6.45) is -0.633. The molecule has 6 rings (SSSR count). The monoisotopic (exact) mass is 611 g/mol. The number of anilines is 3. The summed E-state index contributed by atoms with van der Waals surface area (Å²) in [6, 6.07) is 17.6. The molecule has 3 aliphatic rings. The number of hydrogen-bond donors (Lipinski definition) is 1. The zero-order chi connectivity index (χ0) is 31.3. The highest BCUT2D eigenvalue weighted by Gasteiger charge is 2.35. The van der Waals surface area contributed by atoms with Gasteiger partial charge in [0.25, 0.3) is 0 Å². The minimum Gasteiger partial charge on any atom is -0.486 e. The summed E-state index contributed by atoms with van der Waals surface area (Å²) < 4.78 is 26.2. The molecule has 3 aliphatic heterocycles. The quantitative estimate of drug-likeness (QED) is 0.401. The number of amides is 1. The van der Waals surface area contributed by atoms with Crippen LogP contribution in [0.2, 0.25) is 0 Å². The number of halogens is 1. The lowest BCUT2D eigenvalue weighted by molar-refractivity contribution is -0.137. The molecule has 3 fully saturated rings. The van der Waals surface area contributed by atoms with Crippen molar-refractivity contribution >= 4 is 23.2 Å². The molecule has 45 heavy (non-hydrogen) atoms. The highest BCUT2D eigenvalue weighted by atomic mass is 19.1. The molecule has 1 aromatic heterocycles. The Morgan fingerprint density at radius 2 is 1.87 bits per heavy atom. The van der Waals surface area contributed by atoms with Crippen molar-refractivity contribution in [1.29, 1.82) is 10.5 Å². The average molecular weight is 612 g/mol. The first-order chi connectivity index (χ1) is 21.9. The topological polar surface area (TPSA) is 144 Å². The standard InChI is InChI=1S/C32H34FN9O3/c1-21(15-34)31(43)42-9-8-29(27(33)17-42)45-28-7-2-22(14-23(28)16-35)30-36-20-37-32(39-30)38-24-3-5-25(6-4-24)40-10-12-41(13-11-40)26-18-44-19-26/h2-7,14,20-21,26-27,29H,8-13,17-19H2,1H3,(H,36,37,38,39)/t21?,27?,29-/m0/s1. The summed E-state index contributed by atoms with van der Waals surface area (Å²) in [5, 5.41) is 22.0. The van der Waals surface area contributed by atoms with Crippen molar-refractivity contribution in [1.82, 2.24) is 24.8 Å². The number of hydrogen-bond acceptors (Lipinski definition) is 11. The first-order valence-corrected chi connectivity index (χ1v) is 15.1. The molecule has 2 aromatic carbocycles. The number of carbonyl (C=O) groups is 1. The summed E-state index contributed by atoms with van der Waals surface area (Å²) >= 11 is 0. The van der Waals surface area contributed by atoms with E-state index in [1.807, 2.05) is 18.2 Å². The second-order valence-electron chi connectivity index (χ2n) is 11.4. The van der Waals surface area contributed by atoms with Gasteiger partial charge in [0.05, 0.1) is 37.4 Å². The Balaban J connectivity index is 1.07. The number of piperidine rings is 1. The van der Waals surface area contributed by atoms with Crippen molar-refractivity contribution in [2.45, 2.75) is 31.7 Å². The summed E-state index contributed by atoms with van der Waals surface area (Å²) in [6.45, 7) is 7.31. The van der Waals surface area contributed by atoms with Gasteiger partial charge in [-0.05, 0) is 49.4 Å². The fourth-order valence-electron chi connectivity index (χ4n) is 5.73. The van der Waals surface area contributed by atoms with Gasteiger partial charge in [-0.1, -0.05) is 0 Å². The van der Waals surface area contributed by atoms with Crippen LogP contribution in [0.25, 0.3) is 11.4 Å². The molecule has 0 saturated carbocycles. The lowest BCUT2D eigenvalue weighted by atomic mass is 10.0. The molecule has 2 unspecified atom stereocenters. The number of nitrogens with one attached hydrogen (secondary N) is 1. The van der Waals surface area contributed by atoms with Crippen LogP contribution < -0.4 is 15.0 Å². The van der Waals surface area contributed by atoms with E-state index in [9.17, 15) is 14.4 Å². The van der Waals surface area contributed by atoms with Crippen molar-refractivity contribution in [3.63, 3.8) is 0 Å². The first-order valence-electron chi connectivity index (χ1n) is 15.1. The fraction of sp³-hybridized carbons (Fsp3) is 0.438. The first kappa shape index (κ1) is 30.2. The number of aromatic nitrogens is 3. The van der Waals surface area contributed by atoms with Gasteiger partial charge in [0.1, 0.15) is 30.2 Å². The minimum absolute atomic E-state index is 0.160. The summed E-state index contributed by atoms with van der Waals surface area (Å²) in [5.74, 6) is -0.263. The van der Waals surface area contributed by atoms with Gasteiger partial charge in [0, 0.05) is 56.1 Å². The van der Waals surface area contributed by atoms with E-state index >= 15 is 0 Å². The highest BCUT2D eigenvalue weighted by Crippen LogP contribution is 2.29. The summed E-state index contributed by atoms with van der Waals surface area (Å²) in [4.78, 5) is 31.6. The maximum Gasteiger partial charge on any atom is 0.239 e. The van der Waals surface area contributed by atoms with Crippen LogP contribution in [0.4, 0.5) is 21.7 Å². The summed E-state index contributed by atoms with van der Waals surface area (Å²) in [7, 11) is 0. The molecule has 13 heteroatoms. The van der Waals surface area contributed by atoms with E-state index in [1.54, 1.807) is 18.2 Å². The lowest BCUT2D eigenvalue weighted by Crippen LogP contribution is -2.56. The molecule has 3 saturated heterocycles. The number of rotatable bonds is 8. The Hall–Kier alpha value is -4.85. The smallest absolute Gasteiger partial charge is 0.239 e. The molecule has 1 N–H and O–H groups in total. The third-order valence-electron chi connectivity index (χ3n) is 8.51. The molecule has 0 radical (unpaired) electrons. The van der Waals surface area contributed by atoms with Crippen LogP contribution in [0.1, 0.15) is 18.9 Å². The van der Waals surface area contributed by atoms with Crippen LogP contribution in [0, 0.1) is 28.6 Å². The van der Waals surface area contributed by atoms with E-state index in [2.05, 4.69) is 48.3 Å². The predicted octanol–water partition coefficient (Wildman–Crippen LogP) is 3.15. The zero-order valence-electron chi connectivity index (χ0n) is 25.0. The van der Waals surface area contributed by atoms with Gasteiger partial charge in [-0.3, -0.25) is 9.69 Å². The van der Waals surface area contributed by atoms with E-state index in [4.69, 9.17) is 14.7 Å². The van der Waals surface area contributed by atoms with Crippen LogP contribution >= 0.6 is 0 Å². The van der Waals surface area contributed by atoms with E-state index < -0.39 is 24.1 Å². The van der Waals surface area contributed by atoms with Crippen molar-refractivity contribution < 1.29 is 18.7 Å². The lowest BCUT2D eigenvalue weighted by Gasteiger charge is -2.43. The average Bonchev–Trinajstić information content (AvgIpc) is 3.05. The maximum absolute atomic E-state index is 15.0. The Morgan fingerprint density at radius 1 is 1.09 bits per heavy atom. The van der Waals surface area contributed by atoms with Gasteiger partial charge < -0.3 is 24.6 Å². The van der Waals surface area contributed by atoms with E-state index in [0.717, 1.165) is 45.1 Å². The van der Waals surface area contributed by atoms with Gasteiger partial charge in [0.15, 0.2) is 12.0 Å². The second-order valence-corrected chi connectivity index (χ2v) is 11.4. The molecular weight excluding hydrogens is 577 g/mol. The predicted molar refractivity (Wildman–Crippen MR) is 163 cm³/mol. The second kappa shape index (κ2) is 13.4. The van der Waals surface area contributed by atoms with Crippen LogP contribution in [-0.4, -0.2) is 101 Å². The molecule has 1 amide bonds. The highest BCUT2D eigenvalue weighted by molar-refractivity contribution is 5.81. The van der Waals surface area contributed by atoms with Crippen LogP contribution in [0.5, 0.6) is 5.75 Å². The van der Waals surface area contributed by atoms with Crippen molar-refractivity contribution in [3.05, 3.63) is 54.4 Å². The van der Waals surface area contributed by atoms with Gasteiger partial charge in [-0.2, -0.15) is 15.5 Å². The summed E-state index contributed by atoms with van der Waals surface area (Å²) in [5.41, 5.74) is 2.79. The number of benzene rings is 2. The van der Waals surface area contributed by atoms with Crippen molar-refractivity contribution in [3.8, 4) is 29.3 Å². The number of alkyl halides is 1. The number of carbonyl (C=O) groups excluding carboxylic acids is 1. The third kappa shape index (κ3) is 6.80. The Labute approximate surface area is 261 Å². The Bertz CT molecular complexity index is 1600. The molecule has 232 valence electrons. The molecule has 0 bridgehead atoms. The maximum atomic E-state index is 15.0. The zero-order valence-corrected chi connectivity index (χ0v) is 25.0. The number of likely N-dealkylation sites (tertiary alicyclic amines) is 1. The van der Waals surface area contributed by atoms with E-state index in [-0.39, 0.29) is 30.8 Å². The SMILES string of the molecule is CC(C#N)C(=O)N1CC[C@H](Oc2ccc(-c3ncnc(Nc4ccc(N5CCN(C6COC6)CC5)cc4)n3)cc2C#N)C(F)C1. The third-order valence-corrected chi connectivity index (χ3v) is 8.51. The van der Waals surface area contributed by atoms with Crippen molar-refractivity contribution in [2.24, 2.45) is 5.92 Å². The van der Waals surface area contributed by atoms with Gasteiger partial charge in [-0.15, -0.1) is 0 Å². The van der Waals surface area contributed by atoms with Gasteiger partial charge in [0.2, 0.25) is 11.9 Å². The number of piperazine rings is 1. The largest absolute Gasteiger partial charge is 0.486 e. The normalized spacial score (nSPS) is 21.2. The van der Waals surface area contributed by atoms with Gasteiger partial charge >= 0.3 is 0 Å². The van der Waals surface area contributed by atoms with Crippen LogP contribution in [0.15, 0.2) is 48.8 Å². The number of nitriles is 2. The van der Waals surface area contributed by atoms with Crippen LogP contribution in [-0.2, 0) is 9.53 Å². The molecule has 0 aliphatic carbocycles. The Kier molecular flexibility index (Phi) is 9.01. The molecule has 3 atom stereocenters. The minimum atomic E-state index is -1.45. The molecule has 12 nitrogen and oxygen atoms in total.